The maximum Gasteiger partial charge on any atom is 0.226 e. The Labute approximate surface area is 165 Å². The fourth-order valence-corrected chi connectivity index (χ4v) is 4.84. The van der Waals surface area contributed by atoms with E-state index in [9.17, 15) is 4.79 Å². The minimum absolute atomic E-state index is 0.230. The van der Waals surface area contributed by atoms with E-state index >= 15 is 0 Å². The van der Waals surface area contributed by atoms with E-state index in [0.717, 1.165) is 81.8 Å². The number of nitrogens with one attached hydrogen (secondary N) is 1. The van der Waals surface area contributed by atoms with Crippen LogP contribution in [0.25, 0.3) is 0 Å². The fourth-order valence-electron chi connectivity index (χ4n) is 4.84. The fraction of sp³-hybridized carbons (Fsp3) is 0.619. The molecular weight excluding hydrogens is 352 g/mol. The lowest BCUT2D eigenvalue weighted by Crippen LogP contribution is -2.58. The second-order valence-corrected chi connectivity index (χ2v) is 8.41. The molecule has 3 aliphatic rings. The summed E-state index contributed by atoms with van der Waals surface area (Å²) in [5.41, 5.74) is 3.26. The number of rotatable bonds is 4. The number of hydrogen-bond acceptors (Lipinski definition) is 5. The van der Waals surface area contributed by atoms with E-state index in [1.807, 2.05) is 12.4 Å². The lowest BCUT2D eigenvalue weighted by molar-refractivity contribution is -0.143. The van der Waals surface area contributed by atoms with Gasteiger partial charge >= 0.3 is 0 Å². The van der Waals surface area contributed by atoms with Crippen molar-refractivity contribution in [2.45, 2.75) is 57.5 Å². The largest absolute Gasteiger partial charge is 0.348 e. The lowest BCUT2D eigenvalue weighted by atomic mass is 9.78. The second-order valence-electron chi connectivity index (χ2n) is 8.41. The number of hydrogen-bond donors (Lipinski definition) is 1. The van der Waals surface area contributed by atoms with Crippen molar-refractivity contribution in [1.29, 1.82) is 0 Å². The molecule has 0 aromatic carbocycles. The molecule has 1 saturated carbocycles. The number of carbonyl (C=O) groups is 1. The van der Waals surface area contributed by atoms with Crippen molar-refractivity contribution in [1.82, 2.24) is 29.7 Å². The molecule has 7 nitrogen and oxygen atoms in total. The minimum atomic E-state index is -0.230. The molecule has 4 heterocycles. The van der Waals surface area contributed by atoms with E-state index in [-0.39, 0.29) is 11.5 Å². The molecule has 28 heavy (non-hydrogen) atoms. The summed E-state index contributed by atoms with van der Waals surface area (Å²) >= 11 is 0. The summed E-state index contributed by atoms with van der Waals surface area (Å²) in [6.45, 7) is 5.66. The van der Waals surface area contributed by atoms with Crippen molar-refractivity contribution >= 4 is 5.91 Å². The van der Waals surface area contributed by atoms with Crippen LogP contribution in [0.3, 0.4) is 0 Å². The average molecular weight is 380 g/mol. The molecule has 2 aliphatic heterocycles. The van der Waals surface area contributed by atoms with Crippen LogP contribution in [-0.4, -0.2) is 55.3 Å². The molecule has 0 bridgehead atoms. The zero-order chi connectivity index (χ0) is 19.1. The molecule has 148 valence electrons. The topological polar surface area (TPSA) is 78.0 Å². The smallest absolute Gasteiger partial charge is 0.226 e. The monoisotopic (exact) mass is 380 g/mol. The Morgan fingerprint density at radius 1 is 1.18 bits per heavy atom. The number of aryl methyl sites for hydroxylation is 1. The van der Waals surface area contributed by atoms with Crippen LogP contribution in [-0.2, 0) is 29.7 Å². The molecular formula is C21H28N6O. The predicted octanol–water partition coefficient (Wildman–Crippen LogP) is 2.05. The van der Waals surface area contributed by atoms with Gasteiger partial charge < -0.3 is 9.88 Å². The summed E-state index contributed by atoms with van der Waals surface area (Å²) in [5.74, 6) is 1.50. The quantitative estimate of drug-likeness (QED) is 0.878. The van der Waals surface area contributed by atoms with Crippen molar-refractivity contribution in [3.8, 4) is 0 Å². The van der Waals surface area contributed by atoms with Gasteiger partial charge in [0.2, 0.25) is 5.91 Å². The van der Waals surface area contributed by atoms with E-state index in [1.54, 1.807) is 6.33 Å². The van der Waals surface area contributed by atoms with Crippen LogP contribution in [0.1, 0.15) is 55.4 Å². The van der Waals surface area contributed by atoms with Crippen LogP contribution in [0, 0.1) is 5.92 Å². The number of aromatic nitrogens is 4. The van der Waals surface area contributed by atoms with E-state index in [4.69, 9.17) is 0 Å². The van der Waals surface area contributed by atoms with Crippen molar-refractivity contribution in [2.24, 2.45) is 5.92 Å². The first-order valence-corrected chi connectivity index (χ1v) is 10.6. The van der Waals surface area contributed by atoms with Crippen molar-refractivity contribution in [3.63, 3.8) is 0 Å². The molecule has 0 radical (unpaired) electrons. The number of piperidine rings is 1. The first-order valence-electron chi connectivity index (χ1n) is 10.6. The van der Waals surface area contributed by atoms with Crippen LogP contribution in [0.2, 0.25) is 0 Å². The van der Waals surface area contributed by atoms with Gasteiger partial charge in [0, 0.05) is 68.6 Å². The highest BCUT2D eigenvalue weighted by Gasteiger charge is 2.50. The van der Waals surface area contributed by atoms with Crippen LogP contribution < -0.4 is 0 Å². The van der Waals surface area contributed by atoms with Gasteiger partial charge in [0.05, 0.1) is 17.6 Å². The summed E-state index contributed by atoms with van der Waals surface area (Å²) in [7, 11) is 0. The van der Waals surface area contributed by atoms with Gasteiger partial charge in [0.1, 0.15) is 5.82 Å². The van der Waals surface area contributed by atoms with Crippen LogP contribution in [0.15, 0.2) is 18.7 Å². The van der Waals surface area contributed by atoms with Crippen LogP contribution >= 0.6 is 0 Å². The molecule has 1 amide bonds. The first kappa shape index (κ1) is 17.8. The third-order valence-corrected chi connectivity index (χ3v) is 6.62. The summed E-state index contributed by atoms with van der Waals surface area (Å²) in [6, 6.07) is 0. The van der Waals surface area contributed by atoms with Gasteiger partial charge in [-0.1, -0.05) is 6.92 Å². The summed E-state index contributed by atoms with van der Waals surface area (Å²) in [6.07, 6.45) is 11.4. The Hall–Kier alpha value is -2.28. The average Bonchev–Trinajstić information content (AvgIpc) is 3.47. The maximum absolute atomic E-state index is 13.1. The van der Waals surface area contributed by atoms with Crippen molar-refractivity contribution < 1.29 is 4.79 Å². The summed E-state index contributed by atoms with van der Waals surface area (Å²) < 4.78 is 0. The van der Waals surface area contributed by atoms with E-state index < -0.39 is 0 Å². The van der Waals surface area contributed by atoms with Gasteiger partial charge in [0.15, 0.2) is 0 Å². The Kier molecular flexibility index (Phi) is 4.42. The first-order chi connectivity index (χ1) is 13.7. The van der Waals surface area contributed by atoms with Gasteiger partial charge in [-0.3, -0.25) is 9.69 Å². The number of carbonyl (C=O) groups excluding carboxylic acids is 1. The maximum atomic E-state index is 13.1. The predicted molar refractivity (Wildman–Crippen MR) is 104 cm³/mol. The Balaban J connectivity index is 1.34. The number of nitrogens with zero attached hydrogens (tertiary/aromatic N) is 5. The molecule has 5 rings (SSSR count). The molecule has 2 fully saturated rings. The molecule has 0 atom stereocenters. The summed E-state index contributed by atoms with van der Waals surface area (Å²) in [5, 5.41) is 0. The van der Waals surface area contributed by atoms with Crippen LogP contribution in [0.5, 0.6) is 0 Å². The minimum Gasteiger partial charge on any atom is -0.348 e. The normalized spacial score (nSPS) is 21.7. The zero-order valence-corrected chi connectivity index (χ0v) is 16.5. The Morgan fingerprint density at radius 2 is 1.93 bits per heavy atom. The number of imidazole rings is 1. The Morgan fingerprint density at radius 3 is 2.61 bits per heavy atom. The second kappa shape index (κ2) is 6.95. The molecule has 1 saturated heterocycles. The van der Waals surface area contributed by atoms with Crippen molar-refractivity contribution in [2.75, 3.05) is 19.6 Å². The number of amides is 1. The number of likely N-dealkylation sites (tertiary alicyclic amines) is 1. The highest BCUT2D eigenvalue weighted by atomic mass is 16.2. The Bertz CT molecular complexity index is 848. The van der Waals surface area contributed by atoms with E-state index in [1.165, 1.54) is 5.69 Å². The molecule has 0 unspecified atom stereocenters. The molecule has 7 heteroatoms. The highest BCUT2D eigenvalue weighted by Crippen LogP contribution is 2.45. The van der Waals surface area contributed by atoms with Crippen LogP contribution in [0.4, 0.5) is 0 Å². The van der Waals surface area contributed by atoms with Gasteiger partial charge in [0.25, 0.3) is 0 Å². The molecule has 1 N–H and O–H groups in total. The van der Waals surface area contributed by atoms with Crippen molar-refractivity contribution in [3.05, 3.63) is 41.5 Å². The standard InChI is InChI=1S/C21H28N6O/c1-2-18-22-11-15(12-23-18)13-26-9-6-21(7-10-26)19-17(24-14-25-19)5-8-27(21)20(28)16-3-4-16/h11-12,14,16H,2-10,13H2,1H3,(H,24,25). The molecule has 1 spiro atoms. The summed E-state index contributed by atoms with van der Waals surface area (Å²) in [4.78, 5) is 34.5. The molecule has 2 aromatic rings. The molecule has 2 aromatic heterocycles. The zero-order valence-electron chi connectivity index (χ0n) is 16.5. The number of fused-ring (bicyclic) bond motifs is 2. The SMILES string of the molecule is CCc1ncc(CN2CCC3(CC2)c2nc[nH]c2CCN3C(=O)C2CC2)cn1. The van der Waals surface area contributed by atoms with E-state index in [0.29, 0.717) is 5.91 Å². The van der Waals surface area contributed by atoms with Gasteiger partial charge in [-0.15, -0.1) is 0 Å². The third kappa shape index (κ3) is 3.02. The van der Waals surface area contributed by atoms with Gasteiger partial charge in [-0.25, -0.2) is 15.0 Å². The lowest BCUT2D eigenvalue weighted by Gasteiger charge is -2.50. The van der Waals surface area contributed by atoms with Gasteiger partial charge in [-0.2, -0.15) is 0 Å². The van der Waals surface area contributed by atoms with Gasteiger partial charge in [-0.05, 0) is 25.7 Å². The molecule has 1 aliphatic carbocycles. The number of H-pyrrole nitrogens is 1. The highest BCUT2D eigenvalue weighted by molar-refractivity contribution is 5.82. The van der Waals surface area contributed by atoms with E-state index in [2.05, 4.69) is 36.7 Å². The third-order valence-electron chi connectivity index (χ3n) is 6.62. The number of aromatic amines is 1.